The maximum Gasteiger partial charge on any atom is 0.160 e. The summed E-state index contributed by atoms with van der Waals surface area (Å²) in [4.78, 5) is 10.7. The monoisotopic (exact) mass is 712 g/mol. The van der Waals surface area contributed by atoms with Crippen molar-refractivity contribution in [1.29, 1.82) is 0 Å². The van der Waals surface area contributed by atoms with E-state index in [4.69, 9.17) is 14.4 Å². The summed E-state index contributed by atoms with van der Waals surface area (Å²) in [5, 5.41) is 2.16. The molecule has 8 aromatic carbocycles. The second-order valence-electron chi connectivity index (χ2n) is 14.8. The second-order valence-corrected chi connectivity index (χ2v) is 14.8. The Morgan fingerprint density at radius 1 is 0.321 bits per heavy atom. The van der Waals surface area contributed by atoms with Crippen molar-refractivity contribution < 1.29 is 4.42 Å². The van der Waals surface area contributed by atoms with Crippen LogP contribution in [0.5, 0.6) is 0 Å². The van der Waals surface area contributed by atoms with E-state index in [1.807, 2.05) is 18.2 Å². The third-order valence-electron chi connectivity index (χ3n) is 11.9. The third kappa shape index (κ3) is 4.34. The van der Waals surface area contributed by atoms with Crippen molar-refractivity contribution in [1.82, 2.24) is 9.97 Å². The van der Waals surface area contributed by atoms with Gasteiger partial charge < -0.3 is 4.42 Å². The number of hydrogen-bond donors (Lipinski definition) is 0. The van der Waals surface area contributed by atoms with E-state index in [1.165, 1.54) is 55.6 Å². The molecule has 0 unspecified atom stereocenters. The van der Waals surface area contributed by atoms with Gasteiger partial charge in [-0.3, -0.25) is 0 Å². The van der Waals surface area contributed by atoms with Crippen molar-refractivity contribution in [2.75, 3.05) is 0 Å². The van der Waals surface area contributed by atoms with Crippen LogP contribution in [0.3, 0.4) is 0 Å². The molecule has 0 atom stereocenters. The maximum absolute atomic E-state index is 6.21. The molecule has 3 nitrogen and oxygen atoms in total. The molecule has 0 bridgehead atoms. The van der Waals surface area contributed by atoms with Crippen LogP contribution in [0.1, 0.15) is 22.3 Å². The summed E-state index contributed by atoms with van der Waals surface area (Å²) >= 11 is 0. The van der Waals surface area contributed by atoms with Crippen LogP contribution in [-0.2, 0) is 5.41 Å². The lowest BCUT2D eigenvalue weighted by molar-refractivity contribution is 0.669. The number of para-hydroxylation sites is 1. The first-order valence-corrected chi connectivity index (χ1v) is 19.2. The van der Waals surface area contributed by atoms with Gasteiger partial charge in [0.05, 0.1) is 16.8 Å². The first kappa shape index (κ1) is 31.0. The molecule has 0 fully saturated rings. The number of aromatic nitrogens is 2. The highest BCUT2D eigenvalue weighted by Gasteiger charge is 2.49. The maximum atomic E-state index is 6.21. The van der Waals surface area contributed by atoms with Gasteiger partial charge in [0, 0.05) is 27.5 Å². The van der Waals surface area contributed by atoms with E-state index in [1.54, 1.807) is 0 Å². The van der Waals surface area contributed by atoms with Crippen LogP contribution >= 0.6 is 0 Å². The van der Waals surface area contributed by atoms with Gasteiger partial charge in [-0.2, -0.15) is 0 Å². The van der Waals surface area contributed by atoms with Crippen molar-refractivity contribution in [3.8, 4) is 67.3 Å². The molecule has 0 radical (unpaired) electrons. The summed E-state index contributed by atoms with van der Waals surface area (Å²) < 4.78 is 6.21. The normalized spacial score (nSPS) is 13.1. The van der Waals surface area contributed by atoms with E-state index in [9.17, 15) is 0 Å². The minimum atomic E-state index is -0.582. The average Bonchev–Trinajstić information content (AvgIpc) is 3.76. The summed E-state index contributed by atoms with van der Waals surface area (Å²) in [6.45, 7) is 0. The predicted octanol–water partition coefficient (Wildman–Crippen LogP) is 13.4. The molecule has 0 amide bonds. The molecule has 10 aromatic rings. The van der Waals surface area contributed by atoms with Crippen LogP contribution in [0.25, 0.3) is 89.2 Å². The Morgan fingerprint density at radius 2 is 0.821 bits per heavy atom. The first-order valence-electron chi connectivity index (χ1n) is 19.2. The molecule has 2 aromatic heterocycles. The number of hydrogen-bond acceptors (Lipinski definition) is 3. The zero-order valence-corrected chi connectivity index (χ0v) is 30.3. The molecule has 0 N–H and O–H groups in total. The first-order chi connectivity index (χ1) is 27.8. The highest BCUT2D eigenvalue weighted by atomic mass is 16.3. The van der Waals surface area contributed by atoms with Gasteiger partial charge in [-0.15, -0.1) is 0 Å². The fourth-order valence-corrected chi connectivity index (χ4v) is 9.55. The topological polar surface area (TPSA) is 38.9 Å². The van der Waals surface area contributed by atoms with Gasteiger partial charge >= 0.3 is 0 Å². The van der Waals surface area contributed by atoms with E-state index in [-0.39, 0.29) is 0 Å². The van der Waals surface area contributed by atoms with Gasteiger partial charge in [0.1, 0.15) is 11.2 Å². The lowest BCUT2D eigenvalue weighted by atomic mass is 9.65. The Hall–Kier alpha value is -7.36. The van der Waals surface area contributed by atoms with Crippen LogP contribution < -0.4 is 0 Å². The fourth-order valence-electron chi connectivity index (χ4n) is 9.55. The van der Waals surface area contributed by atoms with Crippen LogP contribution in [0.4, 0.5) is 0 Å². The third-order valence-corrected chi connectivity index (χ3v) is 11.9. The SMILES string of the molecule is c1ccc(-c2cc(-c3ccc4oc5ccccc5c4c3)nc(-c3ccc4c(c3)C3(c5ccccc5-c5ccccc5-4)c4ccccc4-c4ccccc43)n2)cc1. The fraction of sp³-hybridized carbons (Fsp3) is 0.0189. The molecule has 3 heteroatoms. The lowest BCUT2D eigenvalue weighted by Crippen LogP contribution is -2.29. The molecule has 56 heavy (non-hydrogen) atoms. The van der Waals surface area contributed by atoms with E-state index >= 15 is 0 Å². The molecular weight excluding hydrogens is 681 g/mol. The van der Waals surface area contributed by atoms with E-state index in [0.717, 1.165) is 50.0 Å². The van der Waals surface area contributed by atoms with Crippen molar-refractivity contribution in [2.45, 2.75) is 5.41 Å². The average molecular weight is 713 g/mol. The van der Waals surface area contributed by atoms with Crippen LogP contribution in [0, 0.1) is 0 Å². The molecule has 0 saturated carbocycles. The van der Waals surface area contributed by atoms with Crippen molar-refractivity contribution >= 4 is 21.9 Å². The molecular formula is C53H32N2O. The van der Waals surface area contributed by atoms with Crippen LogP contribution in [0.15, 0.2) is 199 Å². The number of nitrogens with zero attached hydrogens (tertiary/aromatic N) is 2. The summed E-state index contributed by atoms with van der Waals surface area (Å²) in [7, 11) is 0. The number of furan rings is 1. The molecule has 12 rings (SSSR count). The Morgan fingerprint density at radius 3 is 1.50 bits per heavy atom. The Kier molecular flexibility index (Phi) is 6.55. The molecule has 0 aliphatic heterocycles. The number of rotatable bonds is 3. The Bertz CT molecular complexity index is 3170. The number of benzene rings is 8. The summed E-state index contributed by atoms with van der Waals surface area (Å²) in [6, 6.07) is 69.8. The largest absolute Gasteiger partial charge is 0.456 e. The van der Waals surface area contributed by atoms with E-state index in [0.29, 0.717) is 5.82 Å². The van der Waals surface area contributed by atoms with Gasteiger partial charge in [-0.05, 0) is 92.0 Å². The van der Waals surface area contributed by atoms with Gasteiger partial charge in [0.2, 0.25) is 0 Å². The molecule has 1 spiro atoms. The molecule has 2 aliphatic carbocycles. The minimum absolute atomic E-state index is 0.582. The van der Waals surface area contributed by atoms with E-state index < -0.39 is 5.41 Å². The highest BCUT2D eigenvalue weighted by molar-refractivity contribution is 6.06. The van der Waals surface area contributed by atoms with Gasteiger partial charge in [-0.1, -0.05) is 158 Å². The molecule has 2 heterocycles. The van der Waals surface area contributed by atoms with Crippen LogP contribution in [-0.4, -0.2) is 9.97 Å². The van der Waals surface area contributed by atoms with Crippen LogP contribution in [0.2, 0.25) is 0 Å². The zero-order valence-electron chi connectivity index (χ0n) is 30.3. The predicted molar refractivity (Wildman–Crippen MR) is 227 cm³/mol. The molecule has 2 aliphatic rings. The van der Waals surface area contributed by atoms with Crippen molar-refractivity contribution in [3.05, 3.63) is 216 Å². The zero-order chi connectivity index (χ0) is 36.8. The van der Waals surface area contributed by atoms with Crippen molar-refractivity contribution in [3.63, 3.8) is 0 Å². The van der Waals surface area contributed by atoms with Gasteiger partial charge in [-0.25, -0.2) is 9.97 Å². The van der Waals surface area contributed by atoms with E-state index in [2.05, 4.69) is 176 Å². The van der Waals surface area contributed by atoms with Crippen molar-refractivity contribution in [2.24, 2.45) is 0 Å². The quantitative estimate of drug-likeness (QED) is 0.183. The smallest absolute Gasteiger partial charge is 0.160 e. The van der Waals surface area contributed by atoms with Gasteiger partial charge in [0.25, 0.3) is 0 Å². The highest BCUT2D eigenvalue weighted by Crippen LogP contribution is 2.61. The summed E-state index contributed by atoms with van der Waals surface area (Å²) in [5.74, 6) is 0.682. The lowest BCUT2D eigenvalue weighted by Gasteiger charge is -2.35. The number of fused-ring (bicyclic) bond motifs is 15. The Balaban J connectivity index is 1.16. The second kappa shape index (κ2) is 11.8. The summed E-state index contributed by atoms with van der Waals surface area (Å²) in [6.07, 6.45) is 0. The molecule has 0 saturated heterocycles. The standard InChI is InChI=1S/C53H32N2O/c1-2-14-33(15-3-1)48-32-49(34-27-29-51-43(30-34)42-21-9-13-25-50(42)56-51)55-52(54-48)35-26-28-41-37-17-5-4-16-36(37)38-18-6-10-22-44(38)53(47(41)31-35)45-23-11-7-19-39(45)40-20-8-12-24-46(40)53/h1-32H. The minimum Gasteiger partial charge on any atom is -0.456 e. The summed E-state index contributed by atoms with van der Waals surface area (Å²) in [5.41, 5.74) is 18.5. The molecule has 260 valence electrons. The van der Waals surface area contributed by atoms with Gasteiger partial charge in [0.15, 0.2) is 5.82 Å². The Labute approximate surface area is 324 Å².